The van der Waals surface area contributed by atoms with Crippen LogP contribution in [0.25, 0.3) is 0 Å². The van der Waals surface area contributed by atoms with E-state index in [2.05, 4.69) is 37.3 Å². The molecule has 0 aliphatic carbocycles. The first-order valence-electron chi connectivity index (χ1n) is 4.39. The van der Waals surface area contributed by atoms with Crippen molar-refractivity contribution in [2.24, 2.45) is 0 Å². The highest BCUT2D eigenvalue weighted by atomic mass is 28.1. The molecule has 1 unspecified atom stereocenters. The van der Waals surface area contributed by atoms with Gasteiger partial charge in [0.2, 0.25) is 0 Å². The lowest BCUT2D eigenvalue weighted by molar-refractivity contribution is 0.733. The van der Waals surface area contributed by atoms with Crippen LogP contribution in [0.4, 0.5) is 0 Å². The molecule has 0 saturated heterocycles. The van der Waals surface area contributed by atoms with Crippen molar-refractivity contribution in [3.8, 4) is 0 Å². The van der Waals surface area contributed by atoms with E-state index in [1.165, 1.54) is 28.3 Å². The van der Waals surface area contributed by atoms with Crippen LogP contribution in [0.5, 0.6) is 0 Å². The maximum atomic E-state index is 2.31. The Balaban J connectivity index is 2.61. The summed E-state index contributed by atoms with van der Waals surface area (Å²) in [6, 6.07) is 12.2. The molecule has 0 nitrogen and oxygen atoms in total. The number of rotatable bonds is 3. The largest absolute Gasteiger partial charge is 0.0653 e. The fraction of sp³-hybridized carbons (Fsp3) is 0.400. The second-order valence-electron chi connectivity index (χ2n) is 3.10. The van der Waals surface area contributed by atoms with E-state index in [4.69, 9.17) is 0 Å². The molecule has 1 rings (SSSR count). The molecule has 0 amide bonds. The molecule has 60 valence electrons. The summed E-state index contributed by atoms with van der Waals surface area (Å²) in [7, 11) is 1.34. The monoisotopic (exact) mass is 164 g/mol. The minimum atomic E-state index is 0.758. The average molecular weight is 164 g/mol. The molecule has 0 fully saturated rings. The lowest BCUT2D eigenvalue weighted by Gasteiger charge is -2.08. The summed E-state index contributed by atoms with van der Waals surface area (Å²) in [4.78, 5) is 0. The molecule has 0 bridgehead atoms. The Labute approximate surface area is 72.1 Å². The lowest BCUT2D eigenvalue weighted by atomic mass is 9.99. The third kappa shape index (κ3) is 2.50. The number of benzene rings is 1. The SMILES string of the molecule is CC(CC[SiH3])c1ccccc1. The summed E-state index contributed by atoms with van der Waals surface area (Å²) in [5.74, 6) is 0.758. The van der Waals surface area contributed by atoms with E-state index in [9.17, 15) is 0 Å². The van der Waals surface area contributed by atoms with Crippen LogP contribution in [0.3, 0.4) is 0 Å². The highest BCUT2D eigenvalue weighted by Crippen LogP contribution is 2.18. The van der Waals surface area contributed by atoms with Gasteiger partial charge < -0.3 is 0 Å². The molecule has 1 aromatic carbocycles. The summed E-state index contributed by atoms with van der Waals surface area (Å²) >= 11 is 0. The Morgan fingerprint density at radius 2 is 1.91 bits per heavy atom. The normalized spacial score (nSPS) is 13.2. The van der Waals surface area contributed by atoms with Crippen LogP contribution >= 0.6 is 0 Å². The summed E-state index contributed by atoms with van der Waals surface area (Å²) in [5, 5.41) is 0. The fourth-order valence-electron chi connectivity index (χ4n) is 1.38. The highest BCUT2D eigenvalue weighted by Gasteiger charge is 2.01. The van der Waals surface area contributed by atoms with Crippen LogP contribution in [0.15, 0.2) is 30.3 Å². The zero-order valence-electron chi connectivity index (χ0n) is 7.38. The summed E-state index contributed by atoms with van der Waals surface area (Å²) in [6.45, 7) is 2.31. The van der Waals surface area contributed by atoms with E-state index < -0.39 is 0 Å². The molecule has 0 aromatic heterocycles. The van der Waals surface area contributed by atoms with Gasteiger partial charge in [0.25, 0.3) is 0 Å². The molecule has 0 N–H and O–H groups in total. The topological polar surface area (TPSA) is 0 Å². The molecule has 0 aliphatic rings. The highest BCUT2D eigenvalue weighted by molar-refractivity contribution is 6.08. The van der Waals surface area contributed by atoms with Crippen molar-refractivity contribution < 1.29 is 0 Å². The Morgan fingerprint density at radius 1 is 1.27 bits per heavy atom. The zero-order chi connectivity index (χ0) is 8.10. The minimum Gasteiger partial charge on any atom is -0.0653 e. The second kappa shape index (κ2) is 4.34. The van der Waals surface area contributed by atoms with Gasteiger partial charge >= 0.3 is 0 Å². The van der Waals surface area contributed by atoms with Gasteiger partial charge in [-0.3, -0.25) is 0 Å². The molecule has 0 heterocycles. The molecule has 1 heteroatoms. The van der Waals surface area contributed by atoms with Crippen molar-refractivity contribution in [2.45, 2.75) is 25.3 Å². The lowest BCUT2D eigenvalue weighted by Crippen LogP contribution is -1.91. The van der Waals surface area contributed by atoms with Gasteiger partial charge in [-0.15, -0.1) is 0 Å². The van der Waals surface area contributed by atoms with Crippen LogP contribution < -0.4 is 0 Å². The molecular weight excluding hydrogens is 148 g/mol. The Hall–Kier alpha value is -0.563. The summed E-state index contributed by atoms with van der Waals surface area (Å²) < 4.78 is 0. The molecule has 0 spiro atoms. The molecule has 0 radical (unpaired) electrons. The quantitative estimate of drug-likeness (QED) is 0.599. The Bertz CT molecular complexity index is 193. The van der Waals surface area contributed by atoms with Gasteiger partial charge in [-0.25, -0.2) is 0 Å². The molecule has 0 saturated carbocycles. The van der Waals surface area contributed by atoms with E-state index in [1.807, 2.05) is 0 Å². The van der Waals surface area contributed by atoms with Gasteiger partial charge in [-0.05, 0) is 17.9 Å². The first-order chi connectivity index (χ1) is 5.34. The van der Waals surface area contributed by atoms with E-state index in [0.717, 1.165) is 5.92 Å². The maximum absolute atomic E-state index is 2.31. The number of hydrogen-bond donors (Lipinski definition) is 0. The third-order valence-electron chi connectivity index (χ3n) is 2.09. The van der Waals surface area contributed by atoms with E-state index in [1.54, 1.807) is 0 Å². The molecule has 1 atom stereocenters. The Kier molecular flexibility index (Phi) is 3.37. The smallest absolute Gasteiger partial charge is 0.00282 e. The average Bonchev–Trinajstić information content (AvgIpc) is 2.07. The van der Waals surface area contributed by atoms with Crippen molar-refractivity contribution in [2.75, 3.05) is 0 Å². The van der Waals surface area contributed by atoms with Crippen LogP contribution in [-0.2, 0) is 0 Å². The second-order valence-corrected chi connectivity index (χ2v) is 4.10. The minimum absolute atomic E-state index is 0.758. The van der Waals surface area contributed by atoms with Gasteiger partial charge in [-0.1, -0.05) is 43.3 Å². The zero-order valence-corrected chi connectivity index (χ0v) is 9.38. The van der Waals surface area contributed by atoms with Gasteiger partial charge in [0.05, 0.1) is 0 Å². The third-order valence-corrected chi connectivity index (χ3v) is 2.67. The Morgan fingerprint density at radius 3 is 2.45 bits per heavy atom. The van der Waals surface area contributed by atoms with Crippen LogP contribution in [0.1, 0.15) is 24.8 Å². The van der Waals surface area contributed by atoms with E-state index in [0.29, 0.717) is 0 Å². The van der Waals surface area contributed by atoms with Crippen molar-refractivity contribution in [3.63, 3.8) is 0 Å². The van der Waals surface area contributed by atoms with Crippen LogP contribution in [-0.4, -0.2) is 10.2 Å². The van der Waals surface area contributed by atoms with E-state index in [-0.39, 0.29) is 0 Å². The van der Waals surface area contributed by atoms with E-state index >= 15 is 0 Å². The van der Waals surface area contributed by atoms with Gasteiger partial charge in [0.15, 0.2) is 0 Å². The van der Waals surface area contributed by atoms with Gasteiger partial charge in [-0.2, -0.15) is 0 Å². The first kappa shape index (κ1) is 8.53. The van der Waals surface area contributed by atoms with Crippen molar-refractivity contribution in [3.05, 3.63) is 35.9 Å². The maximum Gasteiger partial charge on any atom is 0.00282 e. The molecule has 0 aliphatic heterocycles. The van der Waals surface area contributed by atoms with Crippen molar-refractivity contribution >= 4 is 10.2 Å². The van der Waals surface area contributed by atoms with Gasteiger partial charge in [0.1, 0.15) is 0 Å². The van der Waals surface area contributed by atoms with Crippen molar-refractivity contribution in [1.29, 1.82) is 0 Å². The standard InChI is InChI=1S/C10H16Si/c1-9(7-8-11)10-5-3-2-4-6-10/h2-6,9H,7-8H2,1,11H3. The van der Waals surface area contributed by atoms with Gasteiger partial charge in [0, 0.05) is 10.2 Å². The summed E-state index contributed by atoms with van der Waals surface area (Å²) in [5.41, 5.74) is 1.49. The summed E-state index contributed by atoms with van der Waals surface area (Å²) in [6.07, 6.45) is 1.36. The van der Waals surface area contributed by atoms with Crippen molar-refractivity contribution in [1.82, 2.24) is 0 Å². The predicted octanol–water partition coefficient (Wildman–Crippen LogP) is 1.96. The predicted molar refractivity (Wildman–Crippen MR) is 54.2 cm³/mol. The molecular formula is C10H16Si. The molecule has 11 heavy (non-hydrogen) atoms. The van der Waals surface area contributed by atoms with Crippen LogP contribution in [0.2, 0.25) is 6.04 Å². The van der Waals surface area contributed by atoms with Crippen LogP contribution in [0, 0.1) is 0 Å². The molecule has 1 aromatic rings. The first-order valence-corrected chi connectivity index (χ1v) is 5.81. The fourth-order valence-corrected chi connectivity index (χ4v) is 2.25. The number of hydrogen-bond acceptors (Lipinski definition) is 0.